The zero-order valence-electron chi connectivity index (χ0n) is 18.5. The molecule has 164 valence electrons. The number of nitrogens with one attached hydrogen (secondary N) is 1. The Bertz CT molecular complexity index is 1110. The van der Waals surface area contributed by atoms with Crippen molar-refractivity contribution in [1.29, 1.82) is 0 Å². The fourth-order valence-electron chi connectivity index (χ4n) is 4.36. The molecule has 0 radical (unpaired) electrons. The molecule has 1 aliphatic carbocycles. The molecule has 1 amide bonds. The average molecular weight is 429 g/mol. The van der Waals surface area contributed by atoms with E-state index in [9.17, 15) is 4.79 Å². The topological polar surface area (TPSA) is 59.9 Å². The third-order valence-corrected chi connectivity index (χ3v) is 5.94. The van der Waals surface area contributed by atoms with Crippen LogP contribution in [0.15, 0.2) is 78.0 Å². The fourth-order valence-corrected chi connectivity index (χ4v) is 4.36. The van der Waals surface area contributed by atoms with Crippen molar-refractivity contribution < 1.29 is 14.4 Å². The van der Waals surface area contributed by atoms with Crippen molar-refractivity contribution in [2.24, 2.45) is 5.16 Å². The molecule has 0 saturated carbocycles. The summed E-state index contributed by atoms with van der Waals surface area (Å²) in [7, 11) is 2.99. The number of oxime groups is 1. The molecular weight excluding hydrogens is 400 g/mol. The van der Waals surface area contributed by atoms with Gasteiger partial charge >= 0.3 is 0 Å². The highest BCUT2D eigenvalue weighted by molar-refractivity contribution is 6.45. The largest absolute Gasteiger partial charge is 0.489 e. The number of hydrogen-bond donors (Lipinski definition) is 1. The normalized spacial score (nSPS) is 15.6. The smallest absolute Gasteiger partial charge is 0.273 e. The number of carbonyl (C=O) groups excluding carboxylic acids is 1. The SMILES string of the molecule is CNC(=O)C(=NOC)c1ccccc1COc1ccc(C2CCCc3ccccc32)cc1. The molecule has 4 rings (SSSR count). The van der Waals surface area contributed by atoms with Gasteiger partial charge < -0.3 is 14.9 Å². The van der Waals surface area contributed by atoms with E-state index in [-0.39, 0.29) is 11.6 Å². The van der Waals surface area contributed by atoms with Gasteiger partial charge in [0.2, 0.25) is 0 Å². The van der Waals surface area contributed by atoms with Crippen LogP contribution >= 0.6 is 0 Å². The van der Waals surface area contributed by atoms with Crippen LogP contribution < -0.4 is 10.1 Å². The van der Waals surface area contributed by atoms with E-state index in [0.29, 0.717) is 18.1 Å². The second-order valence-electron chi connectivity index (χ2n) is 7.86. The van der Waals surface area contributed by atoms with Crippen molar-refractivity contribution in [1.82, 2.24) is 5.32 Å². The van der Waals surface area contributed by atoms with Crippen molar-refractivity contribution in [3.8, 4) is 5.75 Å². The molecule has 5 heteroatoms. The van der Waals surface area contributed by atoms with Crippen LogP contribution in [-0.4, -0.2) is 25.8 Å². The summed E-state index contributed by atoms with van der Waals surface area (Å²) in [5, 5.41) is 6.51. The predicted molar refractivity (Wildman–Crippen MR) is 126 cm³/mol. The van der Waals surface area contributed by atoms with Gasteiger partial charge in [-0.05, 0) is 53.6 Å². The van der Waals surface area contributed by atoms with Crippen LogP contribution in [0.2, 0.25) is 0 Å². The predicted octanol–water partition coefficient (Wildman–Crippen LogP) is 4.83. The first-order valence-corrected chi connectivity index (χ1v) is 10.9. The summed E-state index contributed by atoms with van der Waals surface area (Å²) in [5.41, 5.74) is 5.99. The van der Waals surface area contributed by atoms with E-state index in [1.807, 2.05) is 36.4 Å². The van der Waals surface area contributed by atoms with E-state index >= 15 is 0 Å². The van der Waals surface area contributed by atoms with E-state index in [1.54, 1.807) is 7.05 Å². The molecule has 0 heterocycles. The lowest BCUT2D eigenvalue weighted by atomic mass is 9.79. The highest BCUT2D eigenvalue weighted by Gasteiger charge is 2.21. The minimum absolute atomic E-state index is 0.223. The van der Waals surface area contributed by atoms with Crippen LogP contribution in [-0.2, 0) is 22.7 Å². The molecule has 0 aliphatic heterocycles. The van der Waals surface area contributed by atoms with Crippen molar-refractivity contribution in [3.63, 3.8) is 0 Å². The summed E-state index contributed by atoms with van der Waals surface area (Å²) in [6, 6.07) is 24.7. The molecule has 32 heavy (non-hydrogen) atoms. The van der Waals surface area contributed by atoms with Crippen molar-refractivity contribution >= 4 is 11.6 Å². The van der Waals surface area contributed by atoms with Crippen molar-refractivity contribution in [2.75, 3.05) is 14.2 Å². The maximum atomic E-state index is 12.2. The van der Waals surface area contributed by atoms with Gasteiger partial charge in [-0.15, -0.1) is 0 Å². The van der Waals surface area contributed by atoms with E-state index in [0.717, 1.165) is 17.7 Å². The van der Waals surface area contributed by atoms with Crippen LogP contribution in [0.4, 0.5) is 0 Å². The molecule has 3 aromatic rings. The first-order valence-electron chi connectivity index (χ1n) is 10.9. The number of hydrogen-bond acceptors (Lipinski definition) is 4. The van der Waals surface area contributed by atoms with Gasteiger partial charge in [-0.25, -0.2) is 0 Å². The molecule has 0 bridgehead atoms. The molecule has 0 aromatic heterocycles. The van der Waals surface area contributed by atoms with Gasteiger partial charge in [-0.3, -0.25) is 4.79 Å². The average Bonchev–Trinajstić information content (AvgIpc) is 2.86. The summed E-state index contributed by atoms with van der Waals surface area (Å²) in [6.45, 7) is 0.321. The van der Waals surface area contributed by atoms with E-state index in [1.165, 1.54) is 36.6 Å². The summed E-state index contributed by atoms with van der Waals surface area (Å²) >= 11 is 0. The van der Waals surface area contributed by atoms with Crippen LogP contribution in [0.3, 0.4) is 0 Å². The standard InChI is InChI=1S/C27H28N2O3/c1-28-27(30)26(29-31-2)25-12-6-4-9-21(25)18-32-22-16-14-20(15-17-22)24-13-7-10-19-8-3-5-11-23(19)24/h3-6,8-9,11-12,14-17,24H,7,10,13,18H2,1-2H3,(H,28,30). The van der Waals surface area contributed by atoms with Gasteiger partial charge in [0.05, 0.1) is 0 Å². The Kier molecular flexibility index (Phi) is 6.85. The summed E-state index contributed by atoms with van der Waals surface area (Å²) in [5.74, 6) is 0.921. The molecular formula is C27H28N2O3. The maximum absolute atomic E-state index is 12.2. The second-order valence-corrected chi connectivity index (χ2v) is 7.86. The number of nitrogens with zero attached hydrogens (tertiary/aromatic N) is 1. The van der Waals surface area contributed by atoms with Gasteiger partial charge in [0.25, 0.3) is 5.91 Å². The summed E-state index contributed by atoms with van der Waals surface area (Å²) in [6.07, 6.45) is 3.55. The number of likely N-dealkylation sites (N-methyl/N-ethyl adjacent to an activating group) is 1. The Morgan fingerprint density at radius 1 is 1.03 bits per heavy atom. The number of aryl methyl sites for hydroxylation is 1. The quantitative estimate of drug-likeness (QED) is 0.433. The summed E-state index contributed by atoms with van der Waals surface area (Å²) < 4.78 is 6.06. The minimum Gasteiger partial charge on any atom is -0.489 e. The number of carbonyl (C=O) groups is 1. The molecule has 1 aliphatic rings. The van der Waals surface area contributed by atoms with Gasteiger partial charge in [0.1, 0.15) is 19.5 Å². The first-order chi connectivity index (χ1) is 15.7. The molecule has 1 unspecified atom stereocenters. The van der Waals surface area contributed by atoms with Crippen molar-refractivity contribution in [3.05, 3.63) is 101 Å². The third kappa shape index (κ3) is 4.67. The lowest BCUT2D eigenvalue weighted by Crippen LogP contribution is -2.29. The highest BCUT2D eigenvalue weighted by Crippen LogP contribution is 2.37. The van der Waals surface area contributed by atoms with E-state index < -0.39 is 0 Å². The summed E-state index contributed by atoms with van der Waals surface area (Å²) in [4.78, 5) is 17.1. The Balaban J connectivity index is 1.50. The molecule has 0 fully saturated rings. The Hall–Kier alpha value is -3.60. The Morgan fingerprint density at radius 2 is 1.78 bits per heavy atom. The number of benzene rings is 3. The molecule has 3 aromatic carbocycles. The van der Waals surface area contributed by atoms with E-state index in [4.69, 9.17) is 9.57 Å². The van der Waals surface area contributed by atoms with Crippen LogP contribution in [0, 0.1) is 0 Å². The second kappa shape index (κ2) is 10.1. The minimum atomic E-state index is -0.309. The Labute approximate surface area is 189 Å². The van der Waals surface area contributed by atoms with Gasteiger partial charge in [-0.2, -0.15) is 0 Å². The lowest BCUT2D eigenvalue weighted by molar-refractivity contribution is -0.114. The maximum Gasteiger partial charge on any atom is 0.273 e. The van der Waals surface area contributed by atoms with Gasteiger partial charge in [0.15, 0.2) is 5.71 Å². The highest BCUT2D eigenvalue weighted by atomic mass is 16.6. The van der Waals surface area contributed by atoms with Crippen molar-refractivity contribution in [2.45, 2.75) is 31.8 Å². The van der Waals surface area contributed by atoms with E-state index in [2.05, 4.69) is 46.9 Å². The number of rotatable bonds is 7. The molecule has 1 atom stereocenters. The molecule has 1 N–H and O–H groups in total. The first kappa shape index (κ1) is 21.6. The zero-order valence-corrected chi connectivity index (χ0v) is 18.5. The molecule has 5 nitrogen and oxygen atoms in total. The van der Waals surface area contributed by atoms with Crippen LogP contribution in [0.25, 0.3) is 0 Å². The monoisotopic (exact) mass is 428 g/mol. The van der Waals surface area contributed by atoms with Crippen LogP contribution in [0.1, 0.15) is 46.6 Å². The number of ether oxygens (including phenoxy) is 1. The Morgan fingerprint density at radius 3 is 2.56 bits per heavy atom. The number of amides is 1. The van der Waals surface area contributed by atoms with Gasteiger partial charge in [-0.1, -0.05) is 65.8 Å². The number of fused-ring (bicyclic) bond motifs is 1. The fraction of sp³-hybridized carbons (Fsp3) is 0.259. The third-order valence-electron chi connectivity index (χ3n) is 5.94. The van der Waals surface area contributed by atoms with Crippen LogP contribution in [0.5, 0.6) is 5.75 Å². The zero-order chi connectivity index (χ0) is 22.3. The molecule has 0 saturated heterocycles. The van der Waals surface area contributed by atoms with Gasteiger partial charge in [0, 0.05) is 18.5 Å². The lowest BCUT2D eigenvalue weighted by Gasteiger charge is -2.26. The molecule has 0 spiro atoms.